The van der Waals surface area contributed by atoms with Gasteiger partial charge in [0.25, 0.3) is 0 Å². The second kappa shape index (κ2) is 16.0. The fourth-order valence-electron chi connectivity index (χ4n) is 5.67. The largest absolute Gasteiger partial charge is 0.288 e. The van der Waals surface area contributed by atoms with Gasteiger partial charge in [-0.1, -0.05) is 102 Å². The first-order valence-electron chi connectivity index (χ1n) is 14.7. The number of thioether (sulfide) groups is 2. The lowest BCUT2D eigenvalue weighted by molar-refractivity contribution is -0.857. The first-order valence-corrected chi connectivity index (χ1v) is 16.7. The van der Waals surface area contributed by atoms with E-state index in [2.05, 4.69) is 65.3 Å². The lowest BCUT2D eigenvalue weighted by Crippen LogP contribution is -2.40. The Hall–Kier alpha value is 0.100. The van der Waals surface area contributed by atoms with Crippen LogP contribution in [-0.4, -0.2) is 47.9 Å². The highest BCUT2D eigenvalue weighted by Gasteiger charge is 2.34. The molecule has 34 heavy (non-hydrogen) atoms. The lowest BCUT2D eigenvalue weighted by atomic mass is 10.0. The second-order valence-electron chi connectivity index (χ2n) is 11.5. The first kappa shape index (κ1) is 30.3. The third kappa shape index (κ3) is 9.52. The summed E-state index contributed by atoms with van der Waals surface area (Å²) in [7, 11) is 4.89. The first-order chi connectivity index (χ1) is 16.4. The summed E-state index contributed by atoms with van der Waals surface area (Å²) in [5.74, 6) is 2.54. The fourth-order valence-corrected chi connectivity index (χ4v) is 8.46. The predicted molar refractivity (Wildman–Crippen MR) is 158 cm³/mol. The quantitative estimate of drug-likeness (QED) is 0.125. The van der Waals surface area contributed by atoms with Crippen molar-refractivity contribution in [1.82, 2.24) is 0 Å². The fraction of sp³-hybridized carbons (Fsp3) is 0.867. The summed E-state index contributed by atoms with van der Waals surface area (Å²) in [6.07, 6.45) is 22.7. The Balaban J connectivity index is 1.33. The van der Waals surface area contributed by atoms with Crippen molar-refractivity contribution in [2.45, 2.75) is 130 Å². The molecule has 2 rings (SSSR count). The minimum atomic E-state index is 1.20. The summed E-state index contributed by atoms with van der Waals surface area (Å²) in [5.41, 5.74) is 3.28. The molecule has 0 saturated heterocycles. The van der Waals surface area contributed by atoms with Crippen LogP contribution in [0.1, 0.15) is 130 Å². The van der Waals surface area contributed by atoms with Gasteiger partial charge in [-0.3, -0.25) is 8.97 Å². The van der Waals surface area contributed by atoms with Crippen LogP contribution in [0.4, 0.5) is 0 Å². The van der Waals surface area contributed by atoms with Crippen LogP contribution in [0.2, 0.25) is 0 Å². The van der Waals surface area contributed by atoms with Crippen molar-refractivity contribution in [3.05, 3.63) is 21.2 Å². The van der Waals surface area contributed by atoms with Gasteiger partial charge >= 0.3 is 0 Å². The maximum Gasteiger partial charge on any atom is 0.134 e. The molecule has 2 aliphatic rings. The predicted octanol–water partition coefficient (Wildman–Crippen LogP) is 10.0. The molecule has 2 unspecified atom stereocenters. The molecule has 4 heteroatoms. The van der Waals surface area contributed by atoms with Gasteiger partial charge in [-0.2, -0.15) is 0 Å². The van der Waals surface area contributed by atoms with Gasteiger partial charge in [0.1, 0.15) is 23.1 Å². The third-order valence-corrected chi connectivity index (χ3v) is 11.9. The standard InChI is InChI=1S/C30H58N2S2/c1-7-29-27(3)31(5,25-33-29)23-21-19-17-15-13-11-9-10-12-14-16-18-20-22-24-32(6)26-34-30(8-2)28(32)4/h7-26H2,1-6H3/q+2. The van der Waals surface area contributed by atoms with Crippen molar-refractivity contribution in [1.29, 1.82) is 0 Å². The van der Waals surface area contributed by atoms with Gasteiger partial charge in [0.05, 0.1) is 27.2 Å². The molecule has 2 aliphatic heterocycles. The zero-order valence-corrected chi connectivity index (χ0v) is 25.5. The summed E-state index contributed by atoms with van der Waals surface area (Å²) < 4.78 is 2.39. The molecule has 0 fully saturated rings. The van der Waals surface area contributed by atoms with E-state index in [1.54, 1.807) is 21.2 Å². The van der Waals surface area contributed by atoms with Crippen LogP contribution < -0.4 is 0 Å². The number of hydrogen-bond donors (Lipinski definition) is 0. The van der Waals surface area contributed by atoms with E-state index in [9.17, 15) is 0 Å². The van der Waals surface area contributed by atoms with Crippen molar-refractivity contribution in [2.24, 2.45) is 0 Å². The van der Waals surface area contributed by atoms with Crippen molar-refractivity contribution in [3.8, 4) is 0 Å². The number of quaternary nitrogens is 2. The minimum absolute atomic E-state index is 1.20. The van der Waals surface area contributed by atoms with E-state index < -0.39 is 0 Å². The van der Waals surface area contributed by atoms with Crippen molar-refractivity contribution in [2.75, 3.05) is 38.9 Å². The van der Waals surface area contributed by atoms with Crippen LogP contribution in [0.3, 0.4) is 0 Å². The average Bonchev–Trinajstić information content (AvgIpc) is 3.28. The van der Waals surface area contributed by atoms with E-state index in [1.165, 1.54) is 137 Å². The smallest absolute Gasteiger partial charge is 0.134 e. The van der Waals surface area contributed by atoms with Crippen LogP contribution in [0.15, 0.2) is 21.2 Å². The van der Waals surface area contributed by atoms with Gasteiger partial charge < -0.3 is 0 Å². The van der Waals surface area contributed by atoms with E-state index in [0.29, 0.717) is 0 Å². The highest BCUT2D eigenvalue weighted by atomic mass is 32.2. The lowest BCUT2D eigenvalue weighted by Gasteiger charge is -2.30. The van der Waals surface area contributed by atoms with E-state index in [0.717, 1.165) is 0 Å². The summed E-state index contributed by atoms with van der Waals surface area (Å²) in [6.45, 7) is 12.0. The molecule has 0 bridgehead atoms. The molecule has 2 nitrogen and oxygen atoms in total. The molecule has 0 aromatic rings. The van der Waals surface area contributed by atoms with Gasteiger partial charge in [-0.05, 0) is 38.5 Å². The van der Waals surface area contributed by atoms with Gasteiger partial charge in [0, 0.05) is 23.7 Å². The van der Waals surface area contributed by atoms with Crippen LogP contribution in [0.25, 0.3) is 0 Å². The Kier molecular flexibility index (Phi) is 14.3. The zero-order valence-electron chi connectivity index (χ0n) is 23.9. The average molecular weight is 511 g/mol. The molecule has 0 radical (unpaired) electrons. The molecule has 0 saturated carbocycles. The number of nitrogens with zero attached hydrogens (tertiary/aromatic N) is 2. The van der Waals surface area contributed by atoms with E-state index in [-0.39, 0.29) is 0 Å². The van der Waals surface area contributed by atoms with Gasteiger partial charge in [0.2, 0.25) is 0 Å². The van der Waals surface area contributed by atoms with E-state index >= 15 is 0 Å². The molecule has 0 aromatic carbocycles. The van der Waals surface area contributed by atoms with E-state index in [1.807, 2.05) is 0 Å². The molecule has 2 atom stereocenters. The Morgan fingerprint density at radius 2 is 0.765 bits per heavy atom. The SMILES string of the molecule is CCC1=C(C)[N+](C)(CCCCCCCCCCCCCCCC[N+]2(C)CSC(CC)=C2C)CS1. The highest BCUT2D eigenvalue weighted by Crippen LogP contribution is 2.39. The Bertz CT molecular complexity index is 600. The van der Waals surface area contributed by atoms with Crippen molar-refractivity contribution in [3.63, 3.8) is 0 Å². The van der Waals surface area contributed by atoms with Crippen molar-refractivity contribution < 1.29 is 8.97 Å². The van der Waals surface area contributed by atoms with Crippen LogP contribution in [-0.2, 0) is 0 Å². The molecule has 198 valence electrons. The molecule has 0 N–H and O–H groups in total. The minimum Gasteiger partial charge on any atom is -0.288 e. The van der Waals surface area contributed by atoms with Crippen LogP contribution in [0.5, 0.6) is 0 Å². The van der Waals surface area contributed by atoms with Gasteiger partial charge in [0.15, 0.2) is 0 Å². The highest BCUT2D eigenvalue weighted by molar-refractivity contribution is 8.03. The molecule has 0 amide bonds. The number of rotatable bonds is 19. The maximum absolute atomic E-state index is 2.44. The molecule has 0 aliphatic carbocycles. The maximum atomic E-state index is 2.44. The topological polar surface area (TPSA) is 0 Å². The zero-order chi connectivity index (χ0) is 24.9. The second-order valence-corrected chi connectivity index (χ2v) is 13.5. The summed E-state index contributed by atoms with van der Waals surface area (Å²) in [5, 5.41) is 0. The molecule has 0 aromatic heterocycles. The van der Waals surface area contributed by atoms with Gasteiger partial charge in [-0.15, -0.1) is 0 Å². The molecular formula is C30H58N2S2+2. The summed E-state index contributed by atoms with van der Waals surface area (Å²) in [6, 6.07) is 0. The van der Waals surface area contributed by atoms with Gasteiger partial charge in [-0.25, -0.2) is 0 Å². The summed E-state index contributed by atoms with van der Waals surface area (Å²) in [4.78, 5) is 3.29. The molecule has 2 heterocycles. The van der Waals surface area contributed by atoms with Crippen LogP contribution in [0, 0.1) is 0 Å². The summed E-state index contributed by atoms with van der Waals surface area (Å²) >= 11 is 4.20. The number of allylic oxidation sites excluding steroid dienone is 4. The Morgan fingerprint density at radius 3 is 1.00 bits per heavy atom. The Morgan fingerprint density at radius 1 is 0.500 bits per heavy atom. The van der Waals surface area contributed by atoms with Crippen LogP contribution >= 0.6 is 23.5 Å². The van der Waals surface area contributed by atoms with Crippen molar-refractivity contribution >= 4 is 23.5 Å². The Labute approximate surface area is 222 Å². The normalized spacial score (nSPS) is 25.2. The third-order valence-electron chi connectivity index (χ3n) is 8.67. The number of hydrogen-bond acceptors (Lipinski definition) is 2. The monoisotopic (exact) mass is 510 g/mol. The molecular weight excluding hydrogens is 452 g/mol. The van der Waals surface area contributed by atoms with E-state index in [4.69, 9.17) is 0 Å². The number of unbranched alkanes of at least 4 members (excludes halogenated alkanes) is 13. The molecule has 0 spiro atoms.